The van der Waals surface area contributed by atoms with E-state index in [0.717, 1.165) is 16.1 Å². The van der Waals surface area contributed by atoms with Crippen LogP contribution >= 0.6 is 27.3 Å². The Bertz CT molecular complexity index is 527. The lowest BCUT2D eigenvalue weighted by molar-refractivity contribution is 0.177. The Morgan fingerprint density at radius 3 is 2.65 bits per heavy atom. The Morgan fingerprint density at radius 1 is 1.29 bits per heavy atom. The average Bonchev–Trinajstić information content (AvgIpc) is 2.68. The quantitative estimate of drug-likeness (QED) is 0.904. The Morgan fingerprint density at radius 2 is 2.06 bits per heavy atom. The number of hydrogen-bond acceptors (Lipinski definition) is 2. The summed E-state index contributed by atoms with van der Waals surface area (Å²) in [6.45, 7) is 0. The molecule has 0 spiro atoms. The van der Waals surface area contributed by atoms with Crippen LogP contribution in [-0.2, 0) is 6.42 Å². The first-order chi connectivity index (χ1) is 8.08. The third-order valence-electron chi connectivity index (χ3n) is 2.43. The summed E-state index contributed by atoms with van der Waals surface area (Å²) in [6.07, 6.45) is -0.669. The molecule has 17 heavy (non-hydrogen) atoms. The van der Waals surface area contributed by atoms with Gasteiger partial charge in [0.25, 0.3) is 0 Å². The molecule has 1 aromatic heterocycles. The number of aliphatic hydroxyl groups is 1. The van der Waals surface area contributed by atoms with Crippen molar-refractivity contribution in [2.24, 2.45) is 0 Å². The van der Waals surface area contributed by atoms with Gasteiger partial charge in [0.05, 0.1) is 6.10 Å². The van der Waals surface area contributed by atoms with Crippen LogP contribution in [0.25, 0.3) is 0 Å². The minimum atomic E-state index is -0.796. The summed E-state index contributed by atoms with van der Waals surface area (Å²) < 4.78 is 26.9. The fourth-order valence-electron chi connectivity index (χ4n) is 1.53. The molecule has 0 radical (unpaired) electrons. The van der Waals surface area contributed by atoms with Gasteiger partial charge in [-0.15, -0.1) is 0 Å². The van der Waals surface area contributed by atoms with E-state index >= 15 is 0 Å². The van der Waals surface area contributed by atoms with Crippen molar-refractivity contribution in [3.63, 3.8) is 0 Å². The van der Waals surface area contributed by atoms with E-state index in [2.05, 4.69) is 15.9 Å². The van der Waals surface area contributed by atoms with Crippen LogP contribution in [-0.4, -0.2) is 5.11 Å². The molecular formula is C12H9BrF2OS. The molecule has 0 fully saturated rings. The van der Waals surface area contributed by atoms with E-state index in [1.165, 1.54) is 23.5 Å². The summed E-state index contributed by atoms with van der Waals surface area (Å²) in [5, 5.41) is 13.6. The predicted octanol–water partition coefficient (Wildman–Crippen LogP) is 4.06. The van der Waals surface area contributed by atoms with Crippen LogP contribution in [0.2, 0.25) is 0 Å². The first-order valence-electron chi connectivity index (χ1n) is 4.91. The SMILES string of the molecule is OC(Cc1ccc(F)cc1F)c1cscc1Br. The number of aliphatic hydroxyl groups excluding tert-OH is 1. The molecule has 5 heteroatoms. The van der Waals surface area contributed by atoms with Gasteiger partial charge < -0.3 is 5.11 Å². The summed E-state index contributed by atoms with van der Waals surface area (Å²) in [4.78, 5) is 0. The zero-order chi connectivity index (χ0) is 12.4. The molecule has 1 atom stereocenters. The molecule has 1 N–H and O–H groups in total. The summed E-state index contributed by atoms with van der Waals surface area (Å²) in [6, 6.07) is 3.37. The molecule has 90 valence electrons. The fourth-order valence-corrected chi connectivity index (χ4v) is 3.14. The lowest BCUT2D eigenvalue weighted by Crippen LogP contribution is -2.03. The number of hydrogen-bond donors (Lipinski definition) is 1. The highest BCUT2D eigenvalue weighted by Crippen LogP contribution is 2.29. The Hall–Kier alpha value is -0.780. The number of benzene rings is 1. The van der Waals surface area contributed by atoms with E-state index < -0.39 is 17.7 Å². The van der Waals surface area contributed by atoms with Crippen molar-refractivity contribution in [3.05, 3.63) is 56.2 Å². The Kier molecular flexibility index (Phi) is 3.91. The van der Waals surface area contributed by atoms with Gasteiger partial charge in [-0.3, -0.25) is 0 Å². The second kappa shape index (κ2) is 5.25. The van der Waals surface area contributed by atoms with E-state index in [0.29, 0.717) is 5.56 Å². The van der Waals surface area contributed by atoms with Gasteiger partial charge in [0.2, 0.25) is 0 Å². The van der Waals surface area contributed by atoms with Crippen molar-refractivity contribution in [2.45, 2.75) is 12.5 Å². The monoisotopic (exact) mass is 318 g/mol. The molecule has 0 saturated heterocycles. The summed E-state index contributed by atoms with van der Waals surface area (Å²) in [7, 11) is 0. The molecule has 1 unspecified atom stereocenters. The minimum Gasteiger partial charge on any atom is -0.388 e. The van der Waals surface area contributed by atoms with Crippen LogP contribution in [0, 0.1) is 11.6 Å². The van der Waals surface area contributed by atoms with Crippen LogP contribution in [0.3, 0.4) is 0 Å². The topological polar surface area (TPSA) is 20.2 Å². The highest BCUT2D eigenvalue weighted by atomic mass is 79.9. The lowest BCUT2D eigenvalue weighted by atomic mass is 10.0. The maximum absolute atomic E-state index is 13.4. The van der Waals surface area contributed by atoms with Crippen molar-refractivity contribution in [1.29, 1.82) is 0 Å². The second-order valence-corrected chi connectivity index (χ2v) is 5.23. The third kappa shape index (κ3) is 2.91. The first-order valence-corrected chi connectivity index (χ1v) is 6.65. The van der Waals surface area contributed by atoms with Crippen molar-refractivity contribution in [3.8, 4) is 0 Å². The van der Waals surface area contributed by atoms with Crippen molar-refractivity contribution >= 4 is 27.3 Å². The molecule has 2 aromatic rings. The lowest BCUT2D eigenvalue weighted by Gasteiger charge is -2.10. The van der Waals surface area contributed by atoms with Gasteiger partial charge in [-0.1, -0.05) is 6.07 Å². The van der Waals surface area contributed by atoms with Crippen molar-refractivity contribution in [2.75, 3.05) is 0 Å². The summed E-state index contributed by atoms with van der Waals surface area (Å²) in [5.41, 5.74) is 1.02. The molecular weight excluding hydrogens is 310 g/mol. The van der Waals surface area contributed by atoms with Gasteiger partial charge in [0.1, 0.15) is 11.6 Å². The van der Waals surface area contributed by atoms with Crippen LogP contribution in [0.5, 0.6) is 0 Å². The van der Waals surface area contributed by atoms with Gasteiger partial charge in [0, 0.05) is 27.9 Å². The first kappa shape index (κ1) is 12.7. The molecule has 1 aromatic carbocycles. The van der Waals surface area contributed by atoms with Crippen molar-refractivity contribution < 1.29 is 13.9 Å². The van der Waals surface area contributed by atoms with Gasteiger partial charge in [-0.25, -0.2) is 8.78 Å². The number of rotatable bonds is 3. The number of halogens is 3. The molecule has 1 heterocycles. The highest BCUT2D eigenvalue weighted by Gasteiger charge is 2.15. The van der Waals surface area contributed by atoms with Crippen LogP contribution in [0.4, 0.5) is 8.78 Å². The average molecular weight is 319 g/mol. The fraction of sp³-hybridized carbons (Fsp3) is 0.167. The standard InChI is InChI=1S/C12H9BrF2OS/c13-10-6-17-5-9(10)12(16)3-7-1-2-8(14)4-11(7)15/h1-2,4-6,12,16H,3H2. The van der Waals surface area contributed by atoms with E-state index in [4.69, 9.17) is 0 Å². The largest absolute Gasteiger partial charge is 0.388 e. The summed E-state index contributed by atoms with van der Waals surface area (Å²) >= 11 is 4.76. The Labute approximate surface area is 110 Å². The van der Waals surface area contributed by atoms with Gasteiger partial charge in [0.15, 0.2) is 0 Å². The van der Waals surface area contributed by atoms with Crippen LogP contribution in [0.1, 0.15) is 17.2 Å². The van der Waals surface area contributed by atoms with Gasteiger partial charge in [-0.2, -0.15) is 11.3 Å². The molecule has 0 bridgehead atoms. The molecule has 2 rings (SSSR count). The molecule has 0 aliphatic heterocycles. The third-order valence-corrected chi connectivity index (χ3v) is 4.18. The number of thiophene rings is 1. The van der Waals surface area contributed by atoms with Gasteiger partial charge >= 0.3 is 0 Å². The molecule has 0 saturated carbocycles. The van der Waals surface area contributed by atoms with Gasteiger partial charge in [-0.05, 0) is 32.9 Å². The predicted molar refractivity (Wildman–Crippen MR) is 67.0 cm³/mol. The smallest absolute Gasteiger partial charge is 0.129 e. The highest BCUT2D eigenvalue weighted by molar-refractivity contribution is 9.10. The normalized spacial score (nSPS) is 12.7. The van der Waals surface area contributed by atoms with E-state index in [1.54, 1.807) is 5.38 Å². The Balaban J connectivity index is 2.19. The molecule has 0 aliphatic carbocycles. The molecule has 1 nitrogen and oxygen atoms in total. The molecule has 0 amide bonds. The van der Waals surface area contributed by atoms with Crippen molar-refractivity contribution in [1.82, 2.24) is 0 Å². The maximum Gasteiger partial charge on any atom is 0.129 e. The zero-order valence-electron chi connectivity index (χ0n) is 8.66. The second-order valence-electron chi connectivity index (χ2n) is 3.63. The van der Waals surface area contributed by atoms with Crippen LogP contribution in [0.15, 0.2) is 33.4 Å². The van der Waals surface area contributed by atoms with Crippen LogP contribution < -0.4 is 0 Å². The zero-order valence-corrected chi connectivity index (χ0v) is 11.1. The minimum absolute atomic E-state index is 0.126. The summed E-state index contributed by atoms with van der Waals surface area (Å²) in [5.74, 6) is -1.24. The maximum atomic E-state index is 13.4. The molecule has 0 aliphatic rings. The van der Waals surface area contributed by atoms with E-state index in [1.807, 2.05) is 5.38 Å². The van der Waals surface area contributed by atoms with E-state index in [9.17, 15) is 13.9 Å². The van der Waals surface area contributed by atoms with E-state index in [-0.39, 0.29) is 6.42 Å².